The van der Waals surface area contributed by atoms with Crippen molar-refractivity contribution in [3.05, 3.63) is 24.3 Å². The molecule has 3 N–H and O–H groups in total. The molecule has 2 bridgehead atoms. The molecule has 2 heterocycles. The first-order valence-electron chi connectivity index (χ1n) is 10.7. The second kappa shape index (κ2) is 12.4. The smallest absolute Gasteiger partial charge is 0.327 e. The van der Waals surface area contributed by atoms with Crippen LogP contribution in [0.3, 0.4) is 0 Å². The van der Waals surface area contributed by atoms with Crippen molar-refractivity contribution in [2.75, 3.05) is 13.1 Å². The highest BCUT2D eigenvalue weighted by molar-refractivity contribution is 5.96. The molecule has 7 nitrogen and oxygen atoms in total. The summed E-state index contributed by atoms with van der Waals surface area (Å²) >= 11 is 0. The largest absolute Gasteiger partial charge is 0.478 e. The second-order valence-electron chi connectivity index (χ2n) is 7.84. The highest BCUT2D eigenvalue weighted by atomic mass is 16.5. The van der Waals surface area contributed by atoms with Crippen LogP contribution in [0.1, 0.15) is 58.3 Å². The van der Waals surface area contributed by atoms with Gasteiger partial charge >= 0.3 is 5.97 Å². The summed E-state index contributed by atoms with van der Waals surface area (Å²) in [4.78, 5) is 34.4. The summed E-state index contributed by atoms with van der Waals surface area (Å²) in [7, 11) is 0. The monoisotopic (exact) mass is 406 g/mol. The van der Waals surface area contributed by atoms with Gasteiger partial charge in [-0.25, -0.2) is 4.79 Å². The van der Waals surface area contributed by atoms with Gasteiger partial charge in [0.2, 0.25) is 11.8 Å². The highest BCUT2D eigenvalue weighted by Gasteiger charge is 2.47. The van der Waals surface area contributed by atoms with Gasteiger partial charge in [-0.1, -0.05) is 38.0 Å². The quantitative estimate of drug-likeness (QED) is 0.189. The predicted molar refractivity (Wildman–Crippen MR) is 110 cm³/mol. The predicted octanol–water partition coefficient (Wildman–Crippen LogP) is 2.57. The minimum atomic E-state index is -0.939. The Morgan fingerprint density at radius 1 is 1.00 bits per heavy atom. The van der Waals surface area contributed by atoms with E-state index in [9.17, 15) is 14.4 Å². The average Bonchev–Trinajstić information content (AvgIpc) is 3.28. The fourth-order valence-electron chi connectivity index (χ4n) is 4.18. The van der Waals surface area contributed by atoms with Crippen LogP contribution >= 0.6 is 0 Å². The standard InChI is InChI=1S/C22H34N2O5/c1-2-3-8-13-23-20(25)14-21(26)24-15-17-16(18-11-12-19(17)29-18)9-6-4-5-7-10-22(27)28/h4,6-7,10,16-19H,2-3,5,8-9,11-15H2,1H3,(H,23,25)(H,24,26)(H,27,28)/t16-,17+,18-,19+/m1/s1. The van der Waals surface area contributed by atoms with Crippen molar-refractivity contribution in [3.8, 4) is 0 Å². The normalized spacial score (nSPS) is 25.7. The molecule has 2 aliphatic heterocycles. The number of carbonyl (C=O) groups is 3. The molecule has 162 valence electrons. The number of ether oxygens (including phenoxy) is 1. The van der Waals surface area contributed by atoms with Crippen molar-refractivity contribution in [2.45, 2.75) is 70.5 Å². The summed E-state index contributed by atoms with van der Waals surface area (Å²) in [5.41, 5.74) is 0. The Hall–Kier alpha value is -2.15. The van der Waals surface area contributed by atoms with Gasteiger partial charge in [-0.3, -0.25) is 9.59 Å². The number of amides is 2. The molecule has 0 unspecified atom stereocenters. The lowest BCUT2D eigenvalue weighted by atomic mass is 9.77. The first kappa shape index (κ1) is 23.1. The van der Waals surface area contributed by atoms with Gasteiger partial charge in [-0.2, -0.15) is 0 Å². The maximum atomic E-state index is 12.1. The maximum absolute atomic E-state index is 12.1. The minimum absolute atomic E-state index is 0.131. The van der Waals surface area contributed by atoms with Crippen LogP contribution in [-0.2, 0) is 19.1 Å². The Morgan fingerprint density at radius 2 is 1.72 bits per heavy atom. The molecule has 0 saturated carbocycles. The topological polar surface area (TPSA) is 105 Å². The van der Waals surface area contributed by atoms with Gasteiger partial charge in [0.05, 0.1) is 12.2 Å². The molecule has 2 rings (SSSR count). The molecule has 29 heavy (non-hydrogen) atoms. The zero-order valence-corrected chi connectivity index (χ0v) is 17.3. The third kappa shape index (κ3) is 8.01. The van der Waals surface area contributed by atoms with E-state index in [0.717, 1.165) is 44.6 Å². The fraction of sp³-hybridized carbons (Fsp3) is 0.682. The van der Waals surface area contributed by atoms with E-state index in [1.54, 1.807) is 6.08 Å². The molecular weight excluding hydrogens is 372 g/mol. The summed E-state index contributed by atoms with van der Waals surface area (Å²) in [6.07, 6.45) is 13.7. The number of hydrogen-bond acceptors (Lipinski definition) is 4. The number of allylic oxidation sites excluding steroid dienone is 3. The van der Waals surface area contributed by atoms with Crippen LogP contribution < -0.4 is 10.6 Å². The molecule has 0 radical (unpaired) electrons. The average molecular weight is 407 g/mol. The number of aliphatic carboxylic acids is 1. The number of rotatable bonds is 13. The number of hydrogen-bond donors (Lipinski definition) is 3. The lowest BCUT2D eigenvalue weighted by molar-refractivity contribution is -0.132. The number of carboxylic acids is 1. The van der Waals surface area contributed by atoms with Crippen LogP contribution in [0, 0.1) is 11.8 Å². The molecule has 2 amide bonds. The SMILES string of the molecule is CCCCCNC(=O)CC(=O)NC[C@H]1[C@@H](CC=CCC=CC(=O)O)[C@H]2CC[C@@H]1O2. The van der Waals surface area contributed by atoms with E-state index in [1.165, 1.54) is 0 Å². The van der Waals surface area contributed by atoms with Crippen molar-refractivity contribution >= 4 is 17.8 Å². The van der Waals surface area contributed by atoms with Crippen molar-refractivity contribution in [2.24, 2.45) is 11.8 Å². The Labute approximate surface area is 173 Å². The number of carboxylic acid groups (broad SMARTS) is 1. The highest BCUT2D eigenvalue weighted by Crippen LogP contribution is 2.44. The molecule has 4 atom stereocenters. The van der Waals surface area contributed by atoms with E-state index in [-0.39, 0.29) is 36.4 Å². The van der Waals surface area contributed by atoms with E-state index in [0.29, 0.717) is 25.4 Å². The Morgan fingerprint density at radius 3 is 2.45 bits per heavy atom. The minimum Gasteiger partial charge on any atom is -0.478 e. The summed E-state index contributed by atoms with van der Waals surface area (Å²) in [5, 5.41) is 14.3. The molecule has 2 aliphatic rings. The molecule has 0 aromatic rings. The Bertz CT molecular complexity index is 616. The third-order valence-electron chi connectivity index (χ3n) is 5.66. The van der Waals surface area contributed by atoms with Gasteiger partial charge in [0, 0.05) is 25.1 Å². The molecular formula is C22H34N2O5. The van der Waals surface area contributed by atoms with Crippen LogP contribution in [0.5, 0.6) is 0 Å². The third-order valence-corrected chi connectivity index (χ3v) is 5.66. The maximum Gasteiger partial charge on any atom is 0.327 e. The fourth-order valence-corrected chi connectivity index (χ4v) is 4.18. The molecule has 2 fully saturated rings. The van der Waals surface area contributed by atoms with Crippen molar-refractivity contribution < 1.29 is 24.2 Å². The van der Waals surface area contributed by atoms with Gasteiger partial charge in [-0.05, 0) is 38.0 Å². The van der Waals surface area contributed by atoms with Crippen LogP contribution in [-0.4, -0.2) is 48.2 Å². The number of nitrogens with one attached hydrogen (secondary N) is 2. The summed E-state index contributed by atoms with van der Waals surface area (Å²) in [6, 6.07) is 0. The van der Waals surface area contributed by atoms with Crippen LogP contribution in [0.25, 0.3) is 0 Å². The van der Waals surface area contributed by atoms with Gasteiger partial charge in [0.25, 0.3) is 0 Å². The molecule has 0 aromatic carbocycles. The van der Waals surface area contributed by atoms with E-state index < -0.39 is 5.97 Å². The van der Waals surface area contributed by atoms with E-state index >= 15 is 0 Å². The number of unbranched alkanes of at least 4 members (excludes halogenated alkanes) is 2. The van der Waals surface area contributed by atoms with Gasteiger partial charge in [-0.15, -0.1) is 0 Å². The zero-order valence-electron chi connectivity index (χ0n) is 17.3. The first-order chi connectivity index (χ1) is 14.0. The first-order valence-corrected chi connectivity index (χ1v) is 10.7. The van der Waals surface area contributed by atoms with Crippen molar-refractivity contribution in [3.63, 3.8) is 0 Å². The molecule has 0 spiro atoms. The summed E-state index contributed by atoms with van der Waals surface area (Å²) < 4.78 is 6.04. The van der Waals surface area contributed by atoms with E-state index in [1.807, 2.05) is 6.08 Å². The number of carbonyl (C=O) groups excluding carboxylic acids is 2. The van der Waals surface area contributed by atoms with Crippen LogP contribution in [0.15, 0.2) is 24.3 Å². The Balaban J connectivity index is 1.72. The lowest BCUT2D eigenvalue weighted by Gasteiger charge is -2.27. The number of fused-ring (bicyclic) bond motifs is 2. The summed E-state index contributed by atoms with van der Waals surface area (Å²) in [5.74, 6) is -0.808. The second-order valence-corrected chi connectivity index (χ2v) is 7.84. The van der Waals surface area contributed by atoms with Gasteiger partial charge in [0.1, 0.15) is 6.42 Å². The van der Waals surface area contributed by atoms with Gasteiger partial charge < -0.3 is 20.5 Å². The lowest BCUT2D eigenvalue weighted by Crippen LogP contribution is -2.39. The molecule has 0 aliphatic carbocycles. The van der Waals surface area contributed by atoms with E-state index in [2.05, 4.69) is 23.6 Å². The van der Waals surface area contributed by atoms with Crippen molar-refractivity contribution in [1.82, 2.24) is 10.6 Å². The molecule has 2 saturated heterocycles. The van der Waals surface area contributed by atoms with Crippen LogP contribution in [0.2, 0.25) is 0 Å². The zero-order chi connectivity index (χ0) is 21.1. The molecule has 7 heteroatoms. The van der Waals surface area contributed by atoms with Crippen LogP contribution in [0.4, 0.5) is 0 Å². The van der Waals surface area contributed by atoms with Crippen molar-refractivity contribution in [1.29, 1.82) is 0 Å². The van der Waals surface area contributed by atoms with E-state index in [4.69, 9.17) is 9.84 Å². The van der Waals surface area contributed by atoms with Gasteiger partial charge in [0.15, 0.2) is 0 Å². The Kier molecular flexibility index (Phi) is 9.91. The molecule has 0 aromatic heterocycles. The summed E-state index contributed by atoms with van der Waals surface area (Å²) in [6.45, 7) is 3.25.